The number of amidine groups is 1. The summed E-state index contributed by atoms with van der Waals surface area (Å²) in [5, 5.41) is 0.548. The molecular formula is C27H31ClN2O4. The molecule has 0 bridgehead atoms. The highest BCUT2D eigenvalue weighted by molar-refractivity contribution is 6.30. The summed E-state index contributed by atoms with van der Waals surface area (Å²) in [6.07, 6.45) is -0.0110. The normalized spacial score (nSPS) is 14.7. The number of nitrogens with zero attached hydrogens (tertiary/aromatic N) is 2. The molecule has 34 heavy (non-hydrogen) atoms. The van der Waals surface area contributed by atoms with Crippen LogP contribution in [0.4, 0.5) is 0 Å². The molecule has 0 spiro atoms. The zero-order chi connectivity index (χ0) is 25.0. The highest BCUT2D eigenvalue weighted by atomic mass is 35.5. The zero-order valence-corrected chi connectivity index (χ0v) is 21.1. The molecule has 0 aliphatic carbocycles. The van der Waals surface area contributed by atoms with E-state index in [2.05, 4.69) is 4.99 Å². The first-order chi connectivity index (χ1) is 16.0. The van der Waals surface area contributed by atoms with Crippen molar-refractivity contribution in [1.29, 1.82) is 0 Å². The number of aliphatic imine (C=N–C) groups is 1. The molecule has 0 N–H and O–H groups in total. The average Bonchev–Trinajstić information content (AvgIpc) is 3.25. The quantitative estimate of drug-likeness (QED) is 0.403. The van der Waals surface area contributed by atoms with Gasteiger partial charge in [0.05, 0.1) is 18.9 Å². The van der Waals surface area contributed by atoms with Crippen LogP contribution < -0.4 is 0 Å². The highest BCUT2D eigenvalue weighted by Gasteiger charge is 2.35. The van der Waals surface area contributed by atoms with E-state index in [1.54, 1.807) is 68.1 Å². The van der Waals surface area contributed by atoms with Crippen LogP contribution in [0.3, 0.4) is 0 Å². The van der Waals surface area contributed by atoms with Crippen molar-refractivity contribution >= 4 is 35.1 Å². The molecule has 3 rings (SSSR count). The smallest absolute Gasteiger partial charge is 0.307 e. The summed E-state index contributed by atoms with van der Waals surface area (Å²) in [4.78, 5) is 45.5. The van der Waals surface area contributed by atoms with Crippen LogP contribution >= 0.6 is 11.6 Å². The first kappa shape index (κ1) is 25.6. The number of halogens is 1. The Hall–Kier alpha value is -2.99. The number of ether oxygens (including phenoxy) is 1. The molecule has 1 heterocycles. The molecule has 6 nitrogen and oxygen atoms in total. The van der Waals surface area contributed by atoms with Gasteiger partial charge in [-0.1, -0.05) is 49.7 Å². The summed E-state index contributed by atoms with van der Waals surface area (Å²) in [5.41, 5.74) is 0.922. The second kappa shape index (κ2) is 10.5. The maximum atomic E-state index is 13.6. The molecule has 0 saturated heterocycles. The molecule has 1 aliphatic rings. The van der Waals surface area contributed by atoms with Crippen molar-refractivity contribution in [2.24, 2.45) is 16.8 Å². The summed E-state index contributed by atoms with van der Waals surface area (Å²) in [7, 11) is 0. The van der Waals surface area contributed by atoms with Gasteiger partial charge in [-0.3, -0.25) is 24.3 Å². The van der Waals surface area contributed by atoms with Gasteiger partial charge in [0.25, 0.3) is 0 Å². The maximum Gasteiger partial charge on any atom is 0.307 e. The van der Waals surface area contributed by atoms with Gasteiger partial charge in [0.1, 0.15) is 11.4 Å². The van der Waals surface area contributed by atoms with Crippen LogP contribution in [0, 0.1) is 11.8 Å². The Labute approximate surface area is 206 Å². The minimum atomic E-state index is -0.622. The first-order valence-corrected chi connectivity index (χ1v) is 11.8. The Kier molecular flexibility index (Phi) is 7.93. The molecule has 0 aromatic heterocycles. The molecule has 0 fully saturated rings. The van der Waals surface area contributed by atoms with E-state index >= 15 is 0 Å². The maximum absolute atomic E-state index is 13.6. The van der Waals surface area contributed by atoms with E-state index in [0.717, 1.165) is 0 Å². The van der Waals surface area contributed by atoms with Crippen molar-refractivity contribution in [3.8, 4) is 0 Å². The second-order valence-electron chi connectivity index (χ2n) is 9.72. The Bertz CT molecular complexity index is 1100. The summed E-state index contributed by atoms with van der Waals surface area (Å²) >= 11 is 5.97. The van der Waals surface area contributed by atoms with Gasteiger partial charge in [0, 0.05) is 28.3 Å². The zero-order valence-electron chi connectivity index (χ0n) is 20.3. The minimum absolute atomic E-state index is 0.0110. The average molecular weight is 483 g/mol. The number of hydrogen-bond acceptors (Lipinski definition) is 5. The van der Waals surface area contributed by atoms with Gasteiger partial charge < -0.3 is 4.74 Å². The largest absolute Gasteiger partial charge is 0.460 e. The number of carbonyl (C=O) groups is 3. The van der Waals surface area contributed by atoms with E-state index in [9.17, 15) is 14.4 Å². The van der Waals surface area contributed by atoms with Crippen molar-refractivity contribution in [3.63, 3.8) is 0 Å². The van der Waals surface area contributed by atoms with E-state index < -0.39 is 17.5 Å². The molecule has 180 valence electrons. The summed E-state index contributed by atoms with van der Waals surface area (Å²) in [6, 6.07) is 13.8. The van der Waals surface area contributed by atoms with E-state index in [1.807, 2.05) is 19.9 Å². The number of ketones is 1. The number of benzene rings is 2. The lowest BCUT2D eigenvalue weighted by molar-refractivity contribution is -0.158. The third kappa shape index (κ3) is 6.11. The molecule has 0 saturated carbocycles. The summed E-state index contributed by atoms with van der Waals surface area (Å²) in [6.45, 7) is 10.1. The lowest BCUT2D eigenvalue weighted by Crippen LogP contribution is -2.42. The first-order valence-electron chi connectivity index (χ1n) is 11.5. The SMILES string of the molecule is CC(C)C(CC(=O)OC(C)(C)C)C(=O)N1CCN=C1c1ccccc1C(=O)c1ccc(Cl)cc1. The fourth-order valence-corrected chi connectivity index (χ4v) is 4.02. The van der Waals surface area contributed by atoms with Crippen LogP contribution in [0.5, 0.6) is 0 Å². The number of esters is 1. The molecule has 1 aliphatic heterocycles. The van der Waals surface area contributed by atoms with E-state index in [-0.39, 0.29) is 24.0 Å². The van der Waals surface area contributed by atoms with E-state index in [1.165, 1.54) is 0 Å². The number of hydrogen-bond donors (Lipinski definition) is 0. The van der Waals surface area contributed by atoms with E-state index in [0.29, 0.717) is 40.6 Å². The van der Waals surface area contributed by atoms with Gasteiger partial charge >= 0.3 is 5.97 Å². The molecule has 7 heteroatoms. The van der Waals surface area contributed by atoms with Crippen LogP contribution in [0.2, 0.25) is 5.02 Å². The van der Waals surface area contributed by atoms with E-state index in [4.69, 9.17) is 16.3 Å². The fourth-order valence-electron chi connectivity index (χ4n) is 3.90. The predicted octanol–water partition coefficient (Wildman–Crippen LogP) is 5.16. The van der Waals surface area contributed by atoms with Gasteiger partial charge in [0.15, 0.2) is 5.78 Å². The van der Waals surface area contributed by atoms with Gasteiger partial charge in [-0.15, -0.1) is 0 Å². The predicted molar refractivity (Wildman–Crippen MR) is 133 cm³/mol. The molecule has 0 radical (unpaired) electrons. The summed E-state index contributed by atoms with van der Waals surface area (Å²) in [5.74, 6) is -0.951. The molecule has 2 aromatic carbocycles. The van der Waals surface area contributed by atoms with Crippen molar-refractivity contribution in [2.45, 2.75) is 46.6 Å². The lowest BCUT2D eigenvalue weighted by Gasteiger charge is -2.28. The molecule has 1 atom stereocenters. The van der Waals surface area contributed by atoms with Gasteiger partial charge in [0.2, 0.25) is 5.91 Å². The molecule has 2 aromatic rings. The molecule has 1 unspecified atom stereocenters. The Balaban J connectivity index is 1.89. The van der Waals surface area contributed by atoms with Gasteiger partial charge in [-0.05, 0) is 51.0 Å². The van der Waals surface area contributed by atoms with Crippen LogP contribution in [0.1, 0.15) is 62.5 Å². The van der Waals surface area contributed by atoms with Crippen molar-refractivity contribution < 1.29 is 19.1 Å². The molecule has 1 amide bonds. The van der Waals surface area contributed by atoms with Crippen LogP contribution in [-0.4, -0.2) is 47.1 Å². The lowest BCUT2D eigenvalue weighted by atomic mass is 9.90. The summed E-state index contributed by atoms with van der Waals surface area (Å²) < 4.78 is 5.46. The van der Waals surface area contributed by atoms with Crippen molar-refractivity contribution in [1.82, 2.24) is 4.90 Å². The monoisotopic (exact) mass is 482 g/mol. The second-order valence-corrected chi connectivity index (χ2v) is 10.2. The Morgan fingerprint density at radius 2 is 1.71 bits per heavy atom. The van der Waals surface area contributed by atoms with Crippen molar-refractivity contribution in [3.05, 3.63) is 70.2 Å². The standard InChI is InChI=1S/C27H31ClN2O4/c1-17(2)22(16-23(31)34-27(3,4)5)26(33)30-15-14-29-25(30)21-9-7-6-8-20(21)24(32)18-10-12-19(28)13-11-18/h6-13,17,22H,14-16H2,1-5H3. The van der Waals surface area contributed by atoms with Crippen LogP contribution in [-0.2, 0) is 14.3 Å². The van der Waals surface area contributed by atoms with Crippen LogP contribution in [0.25, 0.3) is 0 Å². The number of amides is 1. The number of rotatable bonds is 7. The third-order valence-corrected chi connectivity index (χ3v) is 5.81. The minimum Gasteiger partial charge on any atom is -0.460 e. The Morgan fingerprint density at radius 3 is 2.32 bits per heavy atom. The molecular weight excluding hydrogens is 452 g/mol. The van der Waals surface area contributed by atoms with Crippen LogP contribution in [0.15, 0.2) is 53.5 Å². The van der Waals surface area contributed by atoms with Gasteiger partial charge in [-0.25, -0.2) is 0 Å². The van der Waals surface area contributed by atoms with Crippen molar-refractivity contribution in [2.75, 3.05) is 13.1 Å². The Morgan fingerprint density at radius 1 is 1.06 bits per heavy atom. The van der Waals surface area contributed by atoms with Gasteiger partial charge in [-0.2, -0.15) is 0 Å². The fraction of sp³-hybridized carbons (Fsp3) is 0.407. The third-order valence-electron chi connectivity index (χ3n) is 5.55. The topological polar surface area (TPSA) is 76.0 Å². The number of carbonyl (C=O) groups excluding carboxylic acids is 3. The highest BCUT2D eigenvalue weighted by Crippen LogP contribution is 2.26.